The molecule has 6 nitrogen and oxygen atoms in total. The third-order valence-electron chi connectivity index (χ3n) is 3.86. The van der Waals surface area contributed by atoms with Gasteiger partial charge in [-0.1, -0.05) is 42.0 Å². The Morgan fingerprint density at radius 3 is 2.11 bits per heavy atom. The number of ether oxygens (including phenoxy) is 1. The summed E-state index contributed by atoms with van der Waals surface area (Å²) in [5.74, 6) is -1.13. The maximum atomic E-state index is 12.1. The first kappa shape index (κ1) is 20.6. The number of amides is 1. The Bertz CT molecular complexity index is 902. The number of rotatable bonds is 7. The van der Waals surface area contributed by atoms with Gasteiger partial charge in [-0.25, -0.2) is 13.2 Å². The summed E-state index contributed by atoms with van der Waals surface area (Å²) < 4.78 is 27.7. The first-order chi connectivity index (χ1) is 12.6. The molecule has 0 aromatic heterocycles. The molecule has 1 amide bonds. The van der Waals surface area contributed by atoms with Crippen molar-refractivity contribution in [3.05, 3.63) is 70.8 Å². The van der Waals surface area contributed by atoms with Crippen LogP contribution in [0.25, 0.3) is 0 Å². The van der Waals surface area contributed by atoms with E-state index in [4.69, 9.17) is 4.74 Å². The Morgan fingerprint density at radius 1 is 1.00 bits per heavy atom. The van der Waals surface area contributed by atoms with E-state index in [0.717, 1.165) is 17.4 Å². The lowest BCUT2D eigenvalue weighted by Crippen LogP contribution is -2.35. The van der Waals surface area contributed by atoms with Crippen molar-refractivity contribution in [2.45, 2.75) is 32.2 Å². The molecule has 2 aromatic rings. The molecule has 0 aliphatic heterocycles. The molecule has 0 fully saturated rings. The molecule has 0 radical (unpaired) electrons. The lowest BCUT2D eigenvalue weighted by atomic mass is 10.1. The van der Waals surface area contributed by atoms with Crippen LogP contribution in [0.3, 0.4) is 0 Å². The monoisotopic (exact) mass is 389 g/mol. The van der Waals surface area contributed by atoms with Gasteiger partial charge in [-0.05, 0) is 37.1 Å². The van der Waals surface area contributed by atoms with E-state index >= 15 is 0 Å². The molecule has 0 heterocycles. The topological polar surface area (TPSA) is 89.5 Å². The smallest absolute Gasteiger partial charge is 0.338 e. The van der Waals surface area contributed by atoms with Gasteiger partial charge in [0.05, 0.1) is 11.3 Å². The largest absolute Gasteiger partial charge is 0.449 e. The second kappa shape index (κ2) is 8.81. The van der Waals surface area contributed by atoms with Crippen molar-refractivity contribution in [3.8, 4) is 0 Å². The molecule has 0 saturated carbocycles. The highest BCUT2D eigenvalue weighted by Crippen LogP contribution is 2.10. The Kier molecular flexibility index (Phi) is 6.74. The molecule has 144 valence electrons. The van der Waals surface area contributed by atoms with Crippen LogP contribution in [0.5, 0.6) is 0 Å². The van der Waals surface area contributed by atoms with E-state index in [1.54, 1.807) is 12.1 Å². The maximum Gasteiger partial charge on any atom is 0.338 e. The fraction of sp³-hybridized carbons (Fsp3) is 0.300. The summed E-state index contributed by atoms with van der Waals surface area (Å²) in [4.78, 5) is 24.3. The number of aryl methyl sites for hydroxylation is 1. The summed E-state index contributed by atoms with van der Waals surface area (Å²) >= 11 is 0. The van der Waals surface area contributed by atoms with Gasteiger partial charge >= 0.3 is 5.97 Å². The second-order valence-corrected chi connectivity index (χ2v) is 8.66. The van der Waals surface area contributed by atoms with Crippen molar-refractivity contribution in [1.29, 1.82) is 0 Å². The van der Waals surface area contributed by atoms with Crippen LogP contribution in [0.1, 0.15) is 34.0 Å². The SMILES string of the molecule is Cc1ccc(CNC(=O)[C@@H](C)OC(=O)c2ccc(CS(C)(=O)=O)cc2)cc1. The molecule has 0 unspecified atom stereocenters. The fourth-order valence-electron chi connectivity index (χ4n) is 2.36. The maximum absolute atomic E-state index is 12.1. The number of benzene rings is 2. The van der Waals surface area contributed by atoms with Crippen LogP contribution in [0.15, 0.2) is 48.5 Å². The predicted molar refractivity (Wildman–Crippen MR) is 103 cm³/mol. The molecule has 7 heteroatoms. The van der Waals surface area contributed by atoms with Gasteiger partial charge in [0.1, 0.15) is 0 Å². The molecular weight excluding hydrogens is 366 g/mol. The van der Waals surface area contributed by atoms with E-state index in [0.29, 0.717) is 12.1 Å². The van der Waals surface area contributed by atoms with Crippen molar-refractivity contribution in [3.63, 3.8) is 0 Å². The number of carbonyl (C=O) groups excluding carboxylic acids is 2. The highest BCUT2D eigenvalue weighted by Gasteiger charge is 2.18. The van der Waals surface area contributed by atoms with Crippen molar-refractivity contribution in [2.24, 2.45) is 0 Å². The van der Waals surface area contributed by atoms with E-state index in [1.165, 1.54) is 19.1 Å². The number of hydrogen-bond acceptors (Lipinski definition) is 5. The molecule has 2 aromatic carbocycles. The highest BCUT2D eigenvalue weighted by atomic mass is 32.2. The summed E-state index contributed by atoms with van der Waals surface area (Å²) in [6, 6.07) is 13.8. The van der Waals surface area contributed by atoms with E-state index in [9.17, 15) is 18.0 Å². The minimum atomic E-state index is -3.14. The molecule has 2 rings (SSSR count). The number of esters is 1. The number of carbonyl (C=O) groups is 2. The molecule has 1 N–H and O–H groups in total. The lowest BCUT2D eigenvalue weighted by molar-refractivity contribution is -0.129. The van der Waals surface area contributed by atoms with Gasteiger partial charge in [0.15, 0.2) is 15.9 Å². The Hall–Kier alpha value is -2.67. The third-order valence-corrected chi connectivity index (χ3v) is 4.72. The molecule has 0 saturated heterocycles. The Balaban J connectivity index is 1.88. The summed E-state index contributed by atoms with van der Waals surface area (Å²) in [5, 5.41) is 2.73. The molecule has 27 heavy (non-hydrogen) atoms. The summed E-state index contributed by atoms with van der Waals surface area (Å²) in [6.07, 6.45) is 0.199. The Morgan fingerprint density at radius 2 is 1.56 bits per heavy atom. The van der Waals surface area contributed by atoms with Gasteiger partial charge in [0, 0.05) is 12.8 Å². The zero-order valence-electron chi connectivity index (χ0n) is 15.6. The molecule has 0 bridgehead atoms. The molecule has 0 spiro atoms. The average molecular weight is 389 g/mol. The van der Waals surface area contributed by atoms with Crippen LogP contribution in [0.2, 0.25) is 0 Å². The quantitative estimate of drug-likeness (QED) is 0.735. The molecule has 0 aliphatic carbocycles. The van der Waals surface area contributed by atoms with E-state index in [2.05, 4.69) is 5.32 Å². The van der Waals surface area contributed by atoms with E-state index in [1.807, 2.05) is 31.2 Å². The van der Waals surface area contributed by atoms with Gasteiger partial charge in [0.25, 0.3) is 5.91 Å². The summed E-state index contributed by atoms with van der Waals surface area (Å²) in [7, 11) is -3.14. The van der Waals surface area contributed by atoms with E-state index in [-0.39, 0.29) is 11.3 Å². The van der Waals surface area contributed by atoms with Gasteiger partial charge in [-0.3, -0.25) is 4.79 Å². The number of sulfone groups is 1. The highest BCUT2D eigenvalue weighted by molar-refractivity contribution is 7.89. The molecule has 1 atom stereocenters. The van der Waals surface area contributed by atoms with Crippen LogP contribution in [-0.2, 0) is 31.7 Å². The van der Waals surface area contributed by atoms with E-state index < -0.39 is 27.8 Å². The average Bonchev–Trinajstić information content (AvgIpc) is 2.60. The first-order valence-corrected chi connectivity index (χ1v) is 10.5. The Labute approximate surface area is 159 Å². The van der Waals surface area contributed by atoms with Gasteiger partial charge < -0.3 is 10.1 Å². The predicted octanol–water partition coefficient (Wildman–Crippen LogP) is 2.40. The van der Waals surface area contributed by atoms with Crippen molar-refractivity contribution in [2.75, 3.05) is 6.26 Å². The standard InChI is InChI=1S/C20H23NO5S/c1-14-4-6-16(7-5-14)12-21-19(22)15(2)26-20(23)18-10-8-17(9-11-18)13-27(3,24)25/h4-11,15H,12-13H2,1-3H3,(H,21,22)/t15-/m1/s1. The van der Waals surface area contributed by atoms with Gasteiger partial charge in [-0.15, -0.1) is 0 Å². The molecular formula is C20H23NO5S. The third kappa shape index (κ3) is 6.86. The second-order valence-electron chi connectivity index (χ2n) is 6.52. The number of hydrogen-bond donors (Lipinski definition) is 1. The number of nitrogens with one attached hydrogen (secondary N) is 1. The lowest BCUT2D eigenvalue weighted by Gasteiger charge is -2.14. The van der Waals surface area contributed by atoms with Crippen molar-refractivity contribution >= 4 is 21.7 Å². The zero-order chi connectivity index (χ0) is 20.0. The summed E-state index contributed by atoms with van der Waals surface area (Å²) in [5.41, 5.74) is 2.92. The van der Waals surface area contributed by atoms with Gasteiger partial charge in [0.2, 0.25) is 0 Å². The zero-order valence-corrected chi connectivity index (χ0v) is 16.4. The van der Waals surface area contributed by atoms with Gasteiger partial charge in [-0.2, -0.15) is 0 Å². The fourth-order valence-corrected chi connectivity index (χ4v) is 3.16. The van der Waals surface area contributed by atoms with Crippen LogP contribution in [0.4, 0.5) is 0 Å². The normalized spacial score (nSPS) is 12.3. The van der Waals surface area contributed by atoms with Crippen LogP contribution < -0.4 is 5.32 Å². The van der Waals surface area contributed by atoms with Crippen LogP contribution >= 0.6 is 0 Å². The van der Waals surface area contributed by atoms with Crippen LogP contribution in [-0.4, -0.2) is 32.7 Å². The minimum Gasteiger partial charge on any atom is -0.449 e. The van der Waals surface area contributed by atoms with Crippen molar-refractivity contribution in [1.82, 2.24) is 5.32 Å². The first-order valence-electron chi connectivity index (χ1n) is 8.45. The summed E-state index contributed by atoms with van der Waals surface area (Å²) in [6.45, 7) is 3.83. The van der Waals surface area contributed by atoms with Crippen molar-refractivity contribution < 1.29 is 22.7 Å². The van der Waals surface area contributed by atoms with Crippen LogP contribution in [0, 0.1) is 6.92 Å². The minimum absolute atomic E-state index is 0.0971. The molecule has 0 aliphatic rings.